The van der Waals surface area contributed by atoms with Crippen molar-refractivity contribution in [3.8, 4) is 16.9 Å². The van der Waals surface area contributed by atoms with Crippen LogP contribution in [0.15, 0.2) is 54.9 Å². The number of anilines is 2. The number of carbonyl (C=O) groups excluding carboxylic acids is 2. The van der Waals surface area contributed by atoms with E-state index in [0.717, 1.165) is 48.2 Å². The monoisotopic (exact) mass is 613 g/mol. The van der Waals surface area contributed by atoms with Crippen LogP contribution in [0.25, 0.3) is 11.1 Å². The Hall–Kier alpha value is -4.14. The molecule has 45 heavy (non-hydrogen) atoms. The van der Waals surface area contributed by atoms with Crippen LogP contribution < -0.4 is 19.9 Å². The first-order chi connectivity index (χ1) is 21.7. The molecule has 2 saturated carbocycles. The molecular formula is C36H47N5O4. The number of benzene rings is 2. The van der Waals surface area contributed by atoms with E-state index in [2.05, 4.69) is 46.5 Å². The minimum atomic E-state index is -0.411. The van der Waals surface area contributed by atoms with Gasteiger partial charge in [-0.1, -0.05) is 24.3 Å². The highest BCUT2D eigenvalue weighted by Gasteiger charge is 2.33. The van der Waals surface area contributed by atoms with Crippen LogP contribution in [0.4, 0.5) is 16.4 Å². The van der Waals surface area contributed by atoms with Crippen molar-refractivity contribution in [1.29, 1.82) is 0 Å². The highest BCUT2D eigenvalue weighted by atomic mass is 16.6. The van der Waals surface area contributed by atoms with Gasteiger partial charge in [-0.05, 0) is 105 Å². The third kappa shape index (κ3) is 7.93. The number of carbonyl (C=O) groups is 2. The fourth-order valence-electron chi connectivity index (χ4n) is 6.83. The maximum atomic E-state index is 14.3. The van der Waals surface area contributed by atoms with Crippen molar-refractivity contribution in [3.63, 3.8) is 0 Å². The fraction of sp³-hybridized carbons (Fsp3) is 0.500. The normalized spacial score (nSPS) is 21.4. The minimum Gasteiger partial charge on any atom is -0.496 e. The number of alkyl carbamates (subject to hydrolysis) is 1. The van der Waals surface area contributed by atoms with Crippen molar-refractivity contribution in [2.24, 2.45) is 11.8 Å². The number of hydrogen-bond donors (Lipinski definition) is 1. The molecule has 2 aliphatic rings. The molecule has 1 heterocycles. The fourth-order valence-corrected chi connectivity index (χ4v) is 6.83. The quantitative estimate of drug-likeness (QED) is 0.285. The second-order valence-corrected chi connectivity index (χ2v) is 12.7. The maximum Gasteiger partial charge on any atom is 0.407 e. The van der Waals surface area contributed by atoms with Crippen LogP contribution in [0.1, 0.15) is 68.4 Å². The number of aromatic nitrogens is 2. The first kappa shape index (κ1) is 32.3. The molecule has 9 heteroatoms. The van der Waals surface area contributed by atoms with Gasteiger partial charge in [0, 0.05) is 57.3 Å². The summed E-state index contributed by atoms with van der Waals surface area (Å²) in [6, 6.07) is 14.8. The van der Waals surface area contributed by atoms with Gasteiger partial charge in [-0.25, -0.2) is 14.8 Å². The van der Waals surface area contributed by atoms with Crippen LogP contribution in [-0.4, -0.2) is 62.9 Å². The first-order valence-corrected chi connectivity index (χ1v) is 16.2. The standard InChI is InChI=1S/C36H47N5O4/c1-24-19-29(15-18-33(24)44-5)26-11-9-25(10-12-26)23-41(34(42)27-13-16-32(17-14-27)45-36(43)37-2)31-8-6-7-28(20-31)30-21-38-35(39-22-30)40(3)4/h6-8,15,18-22,25-27,32H,9-14,16-17,23H2,1-5H3,(H,37,43). The van der Waals surface area contributed by atoms with Gasteiger partial charge in [0.15, 0.2) is 0 Å². The number of amides is 2. The minimum absolute atomic E-state index is 0.0977. The largest absolute Gasteiger partial charge is 0.496 e. The molecule has 240 valence electrons. The summed E-state index contributed by atoms with van der Waals surface area (Å²) in [6.07, 6.45) is 10.3. The molecule has 1 N–H and O–H groups in total. The Morgan fingerprint density at radius 3 is 2.24 bits per heavy atom. The molecule has 0 atom stereocenters. The third-order valence-corrected chi connectivity index (χ3v) is 9.47. The molecule has 2 fully saturated rings. The van der Waals surface area contributed by atoms with Crippen molar-refractivity contribution in [2.45, 2.75) is 70.3 Å². The van der Waals surface area contributed by atoms with E-state index >= 15 is 0 Å². The zero-order valence-corrected chi connectivity index (χ0v) is 27.3. The number of rotatable bonds is 9. The van der Waals surface area contributed by atoms with E-state index in [1.54, 1.807) is 14.2 Å². The van der Waals surface area contributed by atoms with Crippen molar-refractivity contribution in [1.82, 2.24) is 15.3 Å². The number of nitrogens with zero attached hydrogens (tertiary/aromatic N) is 4. The molecule has 2 aromatic carbocycles. The Balaban J connectivity index is 1.32. The highest BCUT2D eigenvalue weighted by Crippen LogP contribution is 2.39. The molecule has 9 nitrogen and oxygen atoms in total. The average molecular weight is 614 g/mol. The summed E-state index contributed by atoms with van der Waals surface area (Å²) in [5.74, 6) is 2.60. The van der Waals surface area contributed by atoms with Crippen molar-refractivity contribution < 1.29 is 19.1 Å². The highest BCUT2D eigenvalue weighted by molar-refractivity contribution is 5.95. The number of hydrogen-bond acceptors (Lipinski definition) is 7. The van der Waals surface area contributed by atoms with Crippen LogP contribution in [-0.2, 0) is 9.53 Å². The van der Waals surface area contributed by atoms with E-state index in [-0.39, 0.29) is 17.9 Å². The van der Waals surface area contributed by atoms with E-state index < -0.39 is 6.09 Å². The summed E-state index contributed by atoms with van der Waals surface area (Å²) in [5.41, 5.74) is 5.36. The molecule has 0 spiro atoms. The predicted molar refractivity (Wildman–Crippen MR) is 178 cm³/mol. The maximum absolute atomic E-state index is 14.3. The average Bonchev–Trinajstić information content (AvgIpc) is 3.07. The third-order valence-electron chi connectivity index (χ3n) is 9.47. The Morgan fingerprint density at radius 1 is 0.911 bits per heavy atom. The Kier molecular flexibility index (Phi) is 10.6. The van der Waals surface area contributed by atoms with E-state index in [9.17, 15) is 9.59 Å². The molecule has 0 bridgehead atoms. The lowest BCUT2D eigenvalue weighted by molar-refractivity contribution is -0.124. The molecule has 2 amide bonds. The second-order valence-electron chi connectivity index (χ2n) is 12.7. The molecule has 5 rings (SSSR count). The molecular weight excluding hydrogens is 566 g/mol. The van der Waals surface area contributed by atoms with Crippen LogP contribution in [0, 0.1) is 18.8 Å². The van der Waals surface area contributed by atoms with Gasteiger partial charge in [-0.2, -0.15) is 0 Å². The number of nitrogens with one attached hydrogen (secondary N) is 1. The van der Waals surface area contributed by atoms with E-state index in [1.807, 2.05) is 54.5 Å². The van der Waals surface area contributed by atoms with Crippen molar-refractivity contribution in [2.75, 3.05) is 44.6 Å². The van der Waals surface area contributed by atoms with Gasteiger partial charge in [0.25, 0.3) is 0 Å². The number of aryl methyl sites for hydroxylation is 1. The summed E-state index contributed by atoms with van der Waals surface area (Å²) in [6.45, 7) is 2.80. The van der Waals surface area contributed by atoms with Gasteiger partial charge >= 0.3 is 6.09 Å². The van der Waals surface area contributed by atoms with Crippen LogP contribution in [0.3, 0.4) is 0 Å². The zero-order valence-electron chi connectivity index (χ0n) is 27.3. The van der Waals surface area contributed by atoms with Gasteiger partial charge in [0.1, 0.15) is 11.9 Å². The Labute approximate surface area is 267 Å². The van der Waals surface area contributed by atoms with Crippen LogP contribution in [0.5, 0.6) is 5.75 Å². The van der Waals surface area contributed by atoms with Crippen molar-refractivity contribution in [3.05, 3.63) is 66.0 Å². The lowest BCUT2D eigenvalue weighted by atomic mass is 9.78. The smallest absolute Gasteiger partial charge is 0.407 e. The van der Waals surface area contributed by atoms with E-state index in [4.69, 9.17) is 9.47 Å². The van der Waals surface area contributed by atoms with Crippen LogP contribution in [0.2, 0.25) is 0 Å². The van der Waals surface area contributed by atoms with Gasteiger partial charge < -0.3 is 24.6 Å². The summed E-state index contributed by atoms with van der Waals surface area (Å²) in [4.78, 5) is 38.9. The first-order valence-electron chi connectivity index (χ1n) is 16.2. The van der Waals surface area contributed by atoms with E-state index in [1.165, 1.54) is 11.1 Å². The Bertz CT molecular complexity index is 1440. The van der Waals surface area contributed by atoms with Crippen molar-refractivity contribution >= 4 is 23.6 Å². The summed E-state index contributed by atoms with van der Waals surface area (Å²) in [5, 5.41) is 2.53. The molecule has 0 saturated heterocycles. The summed E-state index contributed by atoms with van der Waals surface area (Å²) in [7, 11) is 7.12. The summed E-state index contributed by atoms with van der Waals surface area (Å²) < 4.78 is 11.0. The number of methoxy groups -OCH3 is 1. The molecule has 0 radical (unpaired) electrons. The van der Waals surface area contributed by atoms with Gasteiger partial charge in [0.2, 0.25) is 11.9 Å². The van der Waals surface area contributed by atoms with Gasteiger partial charge in [-0.3, -0.25) is 4.79 Å². The lowest BCUT2D eigenvalue weighted by Gasteiger charge is -2.36. The lowest BCUT2D eigenvalue weighted by Crippen LogP contribution is -2.42. The topological polar surface area (TPSA) is 96.9 Å². The molecule has 0 aliphatic heterocycles. The molecule has 1 aromatic heterocycles. The van der Waals surface area contributed by atoms with E-state index in [0.29, 0.717) is 50.0 Å². The summed E-state index contributed by atoms with van der Waals surface area (Å²) >= 11 is 0. The second kappa shape index (κ2) is 14.8. The Morgan fingerprint density at radius 2 is 1.62 bits per heavy atom. The molecule has 3 aromatic rings. The van der Waals surface area contributed by atoms with Gasteiger partial charge in [0.05, 0.1) is 7.11 Å². The zero-order chi connectivity index (χ0) is 31.9. The number of ether oxygens (including phenoxy) is 2. The van der Waals surface area contributed by atoms with Gasteiger partial charge in [-0.15, -0.1) is 0 Å². The van der Waals surface area contributed by atoms with Crippen LogP contribution >= 0.6 is 0 Å². The molecule has 2 aliphatic carbocycles. The molecule has 0 unspecified atom stereocenters. The predicted octanol–water partition coefficient (Wildman–Crippen LogP) is 6.75. The SMILES string of the molecule is CNC(=O)OC1CCC(C(=O)N(CC2CCC(c3ccc(OC)c(C)c3)CC2)c2cccc(-c3cnc(N(C)C)nc3)c2)CC1.